The average molecular weight is 181 g/mol. The molecule has 0 atom stereocenters. The molecule has 0 saturated heterocycles. The Morgan fingerprint density at radius 2 is 2.10 bits per heavy atom. The summed E-state index contributed by atoms with van der Waals surface area (Å²) in [6.45, 7) is 0. The zero-order valence-corrected chi connectivity index (χ0v) is 6.25. The van der Waals surface area contributed by atoms with E-state index >= 15 is 0 Å². The van der Waals surface area contributed by atoms with E-state index in [1.807, 2.05) is 0 Å². The third kappa shape index (κ3) is 1.15. The molecule has 0 unspecified atom stereocenters. The molecule has 2 N–H and O–H groups in total. The van der Waals surface area contributed by atoms with Gasteiger partial charge in [-0.15, -0.1) is 0 Å². The quantitative estimate of drug-likeness (QED) is 0.665. The minimum atomic E-state index is -0.726. The van der Waals surface area contributed by atoms with Crippen molar-refractivity contribution in [3.05, 3.63) is 22.1 Å². The molecule has 5 heteroatoms. The number of anilines is 1. The fourth-order valence-electron chi connectivity index (χ4n) is 0.457. The van der Waals surface area contributed by atoms with E-state index < -0.39 is 5.82 Å². The van der Waals surface area contributed by atoms with E-state index in [4.69, 9.17) is 28.9 Å². The third-order valence-corrected chi connectivity index (χ3v) is 1.57. The first-order valence-electron chi connectivity index (χ1n) is 2.38. The Bertz CT molecular complexity index is 237. The van der Waals surface area contributed by atoms with Crippen LogP contribution in [0.5, 0.6) is 0 Å². The van der Waals surface area contributed by atoms with E-state index in [0.29, 0.717) is 0 Å². The molecule has 0 bridgehead atoms. The molecule has 0 aliphatic heterocycles. The number of hydrogen-bond donors (Lipinski definition) is 1. The smallest absolute Gasteiger partial charge is 0.165 e. The summed E-state index contributed by atoms with van der Waals surface area (Å²) in [5.74, 6) is -0.778. The topological polar surface area (TPSA) is 38.9 Å². The molecule has 2 nitrogen and oxygen atoms in total. The lowest BCUT2D eigenvalue weighted by molar-refractivity contribution is 0.627. The number of halogens is 3. The van der Waals surface area contributed by atoms with E-state index in [0.717, 1.165) is 6.20 Å². The van der Waals surface area contributed by atoms with Crippen molar-refractivity contribution in [2.24, 2.45) is 0 Å². The summed E-state index contributed by atoms with van der Waals surface area (Å²) < 4.78 is 12.6. The number of pyridine rings is 1. The van der Waals surface area contributed by atoms with Crippen LogP contribution in [0.1, 0.15) is 0 Å². The van der Waals surface area contributed by atoms with Crippen molar-refractivity contribution in [3.8, 4) is 0 Å². The normalized spacial score (nSPS) is 9.90. The molecule has 1 rings (SSSR count). The van der Waals surface area contributed by atoms with Crippen molar-refractivity contribution in [3.63, 3.8) is 0 Å². The van der Waals surface area contributed by atoms with Crippen molar-refractivity contribution >= 4 is 29.0 Å². The van der Waals surface area contributed by atoms with Crippen LogP contribution in [0.3, 0.4) is 0 Å². The van der Waals surface area contributed by atoms with Crippen molar-refractivity contribution < 1.29 is 4.39 Å². The molecule has 0 saturated carbocycles. The lowest BCUT2D eigenvalue weighted by atomic mass is 10.4. The Balaban J connectivity index is 3.34. The van der Waals surface area contributed by atoms with Gasteiger partial charge in [-0.1, -0.05) is 23.2 Å². The van der Waals surface area contributed by atoms with E-state index in [-0.39, 0.29) is 15.9 Å². The highest BCUT2D eigenvalue weighted by atomic mass is 35.5. The van der Waals surface area contributed by atoms with Crippen LogP contribution in [0.15, 0.2) is 6.20 Å². The molecule has 0 spiro atoms. The van der Waals surface area contributed by atoms with Gasteiger partial charge in [0.15, 0.2) is 5.82 Å². The summed E-state index contributed by atoms with van der Waals surface area (Å²) >= 11 is 10.6. The predicted octanol–water partition coefficient (Wildman–Crippen LogP) is 2.11. The van der Waals surface area contributed by atoms with Gasteiger partial charge in [-0.2, -0.15) is 0 Å². The summed E-state index contributed by atoms with van der Waals surface area (Å²) in [6, 6.07) is 0. The number of rotatable bonds is 0. The maximum absolute atomic E-state index is 12.6. The molecule has 10 heavy (non-hydrogen) atoms. The predicted molar refractivity (Wildman–Crippen MR) is 38.6 cm³/mol. The Morgan fingerprint density at radius 3 is 2.60 bits per heavy atom. The summed E-state index contributed by atoms with van der Waals surface area (Å²) in [6.07, 6.45) is 1.11. The van der Waals surface area contributed by atoms with Gasteiger partial charge in [0.1, 0.15) is 10.8 Å². The highest BCUT2D eigenvalue weighted by Crippen LogP contribution is 2.25. The molecule has 0 aliphatic rings. The Kier molecular flexibility index (Phi) is 1.97. The van der Waals surface area contributed by atoms with Crippen LogP contribution < -0.4 is 5.73 Å². The van der Waals surface area contributed by atoms with Crippen molar-refractivity contribution in [2.45, 2.75) is 0 Å². The van der Waals surface area contributed by atoms with Gasteiger partial charge in [-0.25, -0.2) is 9.37 Å². The Morgan fingerprint density at radius 1 is 1.50 bits per heavy atom. The number of nitrogens with two attached hydrogens (primary N) is 1. The number of hydrogen-bond acceptors (Lipinski definition) is 2. The van der Waals surface area contributed by atoms with E-state index in [2.05, 4.69) is 4.98 Å². The Hall–Kier alpha value is -0.540. The summed E-state index contributed by atoms with van der Waals surface area (Å²) in [7, 11) is 0. The molecule has 0 aliphatic carbocycles. The largest absolute Gasteiger partial charge is 0.382 e. The summed E-state index contributed by atoms with van der Waals surface area (Å²) in [4.78, 5) is 3.51. The number of nitrogen functional groups attached to an aromatic ring is 1. The molecule has 1 heterocycles. The lowest BCUT2D eigenvalue weighted by Gasteiger charge is -1.97. The van der Waals surface area contributed by atoms with Crippen LogP contribution >= 0.6 is 23.2 Å². The molecule has 0 radical (unpaired) electrons. The third-order valence-electron chi connectivity index (χ3n) is 0.944. The Labute approximate surface area is 66.8 Å². The maximum Gasteiger partial charge on any atom is 0.165 e. The standard InChI is InChI=1S/C5H3Cl2FN2/c6-2-1-10-5(9)3(7)4(2)8/h1H,(H2,9,10). The van der Waals surface area contributed by atoms with Crippen LogP contribution in [0.2, 0.25) is 10.0 Å². The van der Waals surface area contributed by atoms with Gasteiger partial charge in [-0.05, 0) is 0 Å². The summed E-state index contributed by atoms with van der Waals surface area (Å²) in [5.41, 5.74) is 5.15. The average Bonchev–Trinajstić information content (AvgIpc) is 1.93. The van der Waals surface area contributed by atoms with Gasteiger partial charge in [-0.3, -0.25) is 0 Å². The molecule has 54 valence electrons. The van der Waals surface area contributed by atoms with Crippen LogP contribution in [-0.4, -0.2) is 4.98 Å². The van der Waals surface area contributed by atoms with Crippen LogP contribution in [0.25, 0.3) is 0 Å². The van der Waals surface area contributed by atoms with Crippen LogP contribution in [0.4, 0.5) is 10.2 Å². The molecule has 1 aromatic rings. The van der Waals surface area contributed by atoms with E-state index in [1.54, 1.807) is 0 Å². The van der Waals surface area contributed by atoms with Crippen LogP contribution in [-0.2, 0) is 0 Å². The van der Waals surface area contributed by atoms with Crippen molar-refractivity contribution in [1.29, 1.82) is 0 Å². The first-order chi connectivity index (χ1) is 4.63. The van der Waals surface area contributed by atoms with Gasteiger partial charge in [0.05, 0.1) is 11.2 Å². The number of nitrogens with zero attached hydrogens (tertiary/aromatic N) is 1. The van der Waals surface area contributed by atoms with E-state index in [1.165, 1.54) is 0 Å². The van der Waals surface area contributed by atoms with Gasteiger partial charge in [0.2, 0.25) is 0 Å². The number of aromatic nitrogens is 1. The van der Waals surface area contributed by atoms with Gasteiger partial charge in [0.25, 0.3) is 0 Å². The highest BCUT2D eigenvalue weighted by Gasteiger charge is 2.08. The fourth-order valence-corrected chi connectivity index (χ4v) is 0.799. The molecule has 0 aromatic carbocycles. The van der Waals surface area contributed by atoms with Gasteiger partial charge >= 0.3 is 0 Å². The van der Waals surface area contributed by atoms with E-state index in [9.17, 15) is 4.39 Å². The monoisotopic (exact) mass is 180 g/mol. The maximum atomic E-state index is 12.6. The second-order valence-electron chi connectivity index (χ2n) is 1.62. The molecular formula is C5H3Cl2FN2. The molecule has 0 fully saturated rings. The fraction of sp³-hybridized carbons (Fsp3) is 0. The second-order valence-corrected chi connectivity index (χ2v) is 2.40. The molecule has 1 aromatic heterocycles. The SMILES string of the molecule is Nc1ncc(Cl)c(F)c1Cl. The first-order valence-corrected chi connectivity index (χ1v) is 3.13. The van der Waals surface area contributed by atoms with Gasteiger partial charge in [0, 0.05) is 0 Å². The van der Waals surface area contributed by atoms with Crippen LogP contribution in [0, 0.1) is 5.82 Å². The molecule has 0 amide bonds. The van der Waals surface area contributed by atoms with Gasteiger partial charge < -0.3 is 5.73 Å². The minimum absolute atomic E-state index is 0.0523. The zero-order chi connectivity index (χ0) is 7.72. The minimum Gasteiger partial charge on any atom is -0.382 e. The zero-order valence-electron chi connectivity index (χ0n) is 4.74. The molecular weight excluding hydrogens is 178 g/mol. The second kappa shape index (κ2) is 2.60. The summed E-state index contributed by atoms with van der Waals surface area (Å²) in [5, 5.41) is -0.355. The first kappa shape index (κ1) is 7.57. The van der Waals surface area contributed by atoms with Crippen molar-refractivity contribution in [2.75, 3.05) is 5.73 Å². The van der Waals surface area contributed by atoms with Crippen molar-refractivity contribution in [1.82, 2.24) is 4.98 Å². The highest BCUT2D eigenvalue weighted by molar-refractivity contribution is 6.36. The lowest BCUT2D eigenvalue weighted by Crippen LogP contribution is -1.93.